The Bertz CT molecular complexity index is 92.7. The fourth-order valence-corrected chi connectivity index (χ4v) is 0.855. The fraction of sp³-hybridized carbons (Fsp3) is 0.833. The highest BCUT2D eigenvalue weighted by molar-refractivity contribution is 5.78. The highest BCUT2D eigenvalue weighted by Gasteiger charge is 2.18. The van der Waals surface area contributed by atoms with Crippen LogP contribution in [0.5, 0.6) is 0 Å². The summed E-state index contributed by atoms with van der Waals surface area (Å²) in [6, 6.07) is 0. The van der Waals surface area contributed by atoms with E-state index in [9.17, 15) is 4.79 Å². The lowest BCUT2D eigenvalue weighted by Gasteiger charge is -1.97. The maximum Gasteiger partial charge on any atom is 0.135 e. The summed E-state index contributed by atoms with van der Waals surface area (Å²) in [5, 5.41) is 0. The predicted molar refractivity (Wildman–Crippen MR) is 29.6 cm³/mol. The summed E-state index contributed by atoms with van der Waals surface area (Å²) < 4.78 is 5.00. The molecule has 0 unspecified atom stereocenters. The number of rotatable bonds is 1. The molecule has 2 heteroatoms. The molecule has 0 amide bonds. The molecule has 2 nitrogen and oxygen atoms in total. The Morgan fingerprint density at radius 2 is 2.50 bits per heavy atom. The van der Waals surface area contributed by atoms with Gasteiger partial charge in [-0.1, -0.05) is 0 Å². The molecule has 1 fully saturated rings. The maximum atomic E-state index is 10.6. The average molecular weight is 114 g/mol. The van der Waals surface area contributed by atoms with E-state index in [1.807, 2.05) is 0 Å². The van der Waals surface area contributed by atoms with Crippen LogP contribution >= 0.6 is 0 Å². The van der Waals surface area contributed by atoms with Crippen LogP contribution in [0.2, 0.25) is 0 Å². The number of ketones is 1. The monoisotopic (exact) mass is 114 g/mol. The van der Waals surface area contributed by atoms with Gasteiger partial charge in [-0.15, -0.1) is 0 Å². The first-order valence-electron chi connectivity index (χ1n) is 2.89. The zero-order valence-corrected chi connectivity index (χ0v) is 5.02. The van der Waals surface area contributed by atoms with Crippen LogP contribution in [0, 0.1) is 5.92 Å². The van der Waals surface area contributed by atoms with Crippen molar-refractivity contribution < 1.29 is 9.53 Å². The first-order valence-corrected chi connectivity index (χ1v) is 2.89. The van der Waals surface area contributed by atoms with Crippen molar-refractivity contribution in [1.82, 2.24) is 0 Å². The van der Waals surface area contributed by atoms with E-state index in [0.717, 1.165) is 13.0 Å². The molecular weight excluding hydrogens is 104 g/mol. The van der Waals surface area contributed by atoms with Gasteiger partial charge < -0.3 is 4.74 Å². The zero-order chi connectivity index (χ0) is 5.98. The smallest absolute Gasteiger partial charge is 0.135 e. The lowest BCUT2D eigenvalue weighted by Crippen LogP contribution is -2.09. The van der Waals surface area contributed by atoms with E-state index in [-0.39, 0.29) is 11.7 Å². The molecule has 1 heterocycles. The minimum Gasteiger partial charge on any atom is -0.381 e. The molecule has 0 saturated carbocycles. The third-order valence-electron chi connectivity index (χ3n) is 1.50. The van der Waals surface area contributed by atoms with E-state index < -0.39 is 0 Å². The molecule has 1 atom stereocenters. The van der Waals surface area contributed by atoms with Gasteiger partial charge >= 0.3 is 0 Å². The van der Waals surface area contributed by atoms with Crippen LogP contribution in [0.25, 0.3) is 0 Å². The van der Waals surface area contributed by atoms with Crippen molar-refractivity contribution >= 4 is 5.78 Å². The standard InChI is InChI=1S/C6H10O2/c1-5(7)6-2-3-8-4-6/h6H,2-4H2,1H3/t6-/m0/s1. The molecule has 0 bridgehead atoms. The van der Waals surface area contributed by atoms with E-state index in [2.05, 4.69) is 0 Å². The first-order chi connectivity index (χ1) is 3.80. The Labute approximate surface area is 48.8 Å². The van der Waals surface area contributed by atoms with Crippen molar-refractivity contribution in [3.8, 4) is 0 Å². The lowest BCUT2D eigenvalue weighted by atomic mass is 10.1. The normalized spacial score (nSPS) is 28.4. The molecule has 0 radical (unpaired) electrons. The summed E-state index contributed by atoms with van der Waals surface area (Å²) in [5.74, 6) is 0.470. The van der Waals surface area contributed by atoms with E-state index in [4.69, 9.17) is 4.74 Å². The minimum absolute atomic E-state index is 0.204. The predicted octanol–water partition coefficient (Wildman–Crippen LogP) is 0.612. The van der Waals surface area contributed by atoms with E-state index in [1.54, 1.807) is 6.92 Å². The summed E-state index contributed by atoms with van der Waals surface area (Å²) in [7, 11) is 0. The Morgan fingerprint density at radius 3 is 2.75 bits per heavy atom. The molecule has 0 aromatic carbocycles. The maximum absolute atomic E-state index is 10.6. The topological polar surface area (TPSA) is 26.3 Å². The SMILES string of the molecule is CC(=O)[C@H]1CCOC1. The summed E-state index contributed by atoms with van der Waals surface area (Å²) in [6.07, 6.45) is 0.926. The van der Waals surface area contributed by atoms with Crippen molar-refractivity contribution in [3.05, 3.63) is 0 Å². The summed E-state index contributed by atoms with van der Waals surface area (Å²) in [5.41, 5.74) is 0. The van der Waals surface area contributed by atoms with Crippen molar-refractivity contribution in [2.24, 2.45) is 5.92 Å². The van der Waals surface area contributed by atoms with Gasteiger partial charge in [0.2, 0.25) is 0 Å². The lowest BCUT2D eigenvalue weighted by molar-refractivity contribution is -0.120. The van der Waals surface area contributed by atoms with Crippen molar-refractivity contribution in [1.29, 1.82) is 0 Å². The van der Waals surface area contributed by atoms with Crippen molar-refractivity contribution in [2.75, 3.05) is 13.2 Å². The molecule has 1 aliphatic rings. The quantitative estimate of drug-likeness (QED) is 0.499. The molecule has 8 heavy (non-hydrogen) atoms. The highest BCUT2D eigenvalue weighted by Crippen LogP contribution is 2.12. The van der Waals surface area contributed by atoms with Crippen LogP contribution in [0.3, 0.4) is 0 Å². The fourth-order valence-electron chi connectivity index (χ4n) is 0.855. The molecule has 0 spiro atoms. The van der Waals surface area contributed by atoms with Crippen molar-refractivity contribution in [3.63, 3.8) is 0 Å². The highest BCUT2D eigenvalue weighted by atomic mass is 16.5. The Hall–Kier alpha value is -0.370. The number of carbonyl (C=O) groups is 1. The van der Waals surface area contributed by atoms with Crippen molar-refractivity contribution in [2.45, 2.75) is 13.3 Å². The van der Waals surface area contributed by atoms with E-state index >= 15 is 0 Å². The molecule has 0 aliphatic carbocycles. The third-order valence-corrected chi connectivity index (χ3v) is 1.50. The van der Waals surface area contributed by atoms with E-state index in [1.165, 1.54) is 0 Å². The van der Waals surface area contributed by atoms with Crippen LogP contribution in [0.1, 0.15) is 13.3 Å². The Balaban J connectivity index is 2.35. The summed E-state index contributed by atoms with van der Waals surface area (Å²) in [6.45, 7) is 3.04. The van der Waals surface area contributed by atoms with Gasteiger partial charge in [-0.2, -0.15) is 0 Å². The van der Waals surface area contributed by atoms with Crippen LogP contribution in [-0.2, 0) is 9.53 Å². The Morgan fingerprint density at radius 1 is 1.75 bits per heavy atom. The van der Waals surface area contributed by atoms with Gasteiger partial charge in [-0.3, -0.25) is 4.79 Å². The molecule has 0 aromatic heterocycles. The molecular formula is C6H10O2. The number of Topliss-reactive ketones (excluding diaryl/α,β-unsaturated/α-hetero) is 1. The second kappa shape index (κ2) is 2.27. The van der Waals surface area contributed by atoms with Gasteiger partial charge in [0, 0.05) is 12.5 Å². The first kappa shape index (κ1) is 5.76. The summed E-state index contributed by atoms with van der Waals surface area (Å²) in [4.78, 5) is 10.6. The number of hydrogen-bond donors (Lipinski definition) is 0. The second-order valence-electron chi connectivity index (χ2n) is 2.17. The van der Waals surface area contributed by atoms with Crippen LogP contribution in [0.4, 0.5) is 0 Å². The van der Waals surface area contributed by atoms with Gasteiger partial charge in [0.25, 0.3) is 0 Å². The number of ether oxygens (including phenoxy) is 1. The minimum atomic E-state index is 0.204. The molecule has 46 valence electrons. The molecule has 0 aromatic rings. The van der Waals surface area contributed by atoms with Gasteiger partial charge in [-0.05, 0) is 13.3 Å². The average Bonchev–Trinajstić information content (AvgIpc) is 2.12. The van der Waals surface area contributed by atoms with Crippen LogP contribution in [0.15, 0.2) is 0 Å². The van der Waals surface area contributed by atoms with Gasteiger partial charge in [0.1, 0.15) is 5.78 Å². The van der Waals surface area contributed by atoms with Gasteiger partial charge in [0.15, 0.2) is 0 Å². The molecule has 1 aliphatic heterocycles. The molecule has 1 saturated heterocycles. The van der Waals surface area contributed by atoms with Crippen LogP contribution in [-0.4, -0.2) is 19.0 Å². The van der Waals surface area contributed by atoms with Gasteiger partial charge in [0.05, 0.1) is 6.61 Å². The number of hydrogen-bond acceptors (Lipinski definition) is 2. The Kier molecular flexibility index (Phi) is 1.63. The van der Waals surface area contributed by atoms with E-state index in [0.29, 0.717) is 6.61 Å². The zero-order valence-electron chi connectivity index (χ0n) is 5.02. The van der Waals surface area contributed by atoms with Crippen LogP contribution < -0.4 is 0 Å². The third kappa shape index (κ3) is 1.07. The molecule has 0 N–H and O–H groups in total. The largest absolute Gasteiger partial charge is 0.381 e. The second-order valence-corrected chi connectivity index (χ2v) is 2.17. The number of carbonyl (C=O) groups excluding carboxylic acids is 1. The molecule has 1 rings (SSSR count). The summed E-state index contributed by atoms with van der Waals surface area (Å²) >= 11 is 0. The van der Waals surface area contributed by atoms with Gasteiger partial charge in [-0.25, -0.2) is 0 Å².